The van der Waals surface area contributed by atoms with Crippen molar-refractivity contribution in [1.82, 2.24) is 9.62 Å². The van der Waals surface area contributed by atoms with Gasteiger partial charge in [0, 0.05) is 13.1 Å². The van der Waals surface area contributed by atoms with Gasteiger partial charge in [-0.1, -0.05) is 20.8 Å². The van der Waals surface area contributed by atoms with Gasteiger partial charge >= 0.3 is 0 Å². The van der Waals surface area contributed by atoms with Gasteiger partial charge in [-0.3, -0.25) is 0 Å². The first kappa shape index (κ1) is 16.5. The Morgan fingerprint density at radius 3 is 2.86 bits per heavy atom. The third kappa shape index (κ3) is 4.31. The summed E-state index contributed by atoms with van der Waals surface area (Å²) in [7, 11) is -3.48. The summed E-state index contributed by atoms with van der Waals surface area (Å²) in [4.78, 5) is 0. The number of sulfonamides is 1. The minimum Gasteiger partial charge on any atom is -0.447 e. The van der Waals surface area contributed by atoms with E-state index in [2.05, 4.69) is 26.1 Å². The zero-order valence-electron chi connectivity index (χ0n) is 13.1. The molecule has 1 unspecified atom stereocenters. The maximum atomic E-state index is 12.5. The average Bonchev–Trinajstić information content (AvgIpc) is 2.88. The lowest BCUT2D eigenvalue weighted by Crippen LogP contribution is -2.38. The van der Waals surface area contributed by atoms with E-state index in [4.69, 9.17) is 4.42 Å². The Bertz CT molecular complexity index is 551. The number of nitrogens with one attached hydrogen (secondary N) is 1. The molecule has 0 saturated carbocycles. The minimum atomic E-state index is -3.48. The SMILES string of the molecule is CC(C)CNCc1ccc(S(=O)(=O)N2CCCC(C)C2)o1. The molecule has 1 aliphatic heterocycles. The van der Waals surface area contributed by atoms with Crippen molar-refractivity contribution in [3.63, 3.8) is 0 Å². The molecular weight excluding hydrogens is 288 g/mol. The maximum Gasteiger partial charge on any atom is 0.276 e. The highest BCUT2D eigenvalue weighted by molar-refractivity contribution is 7.89. The van der Waals surface area contributed by atoms with Crippen molar-refractivity contribution in [3.05, 3.63) is 17.9 Å². The monoisotopic (exact) mass is 314 g/mol. The summed E-state index contributed by atoms with van der Waals surface area (Å²) in [6.45, 7) is 8.96. The fourth-order valence-electron chi connectivity index (χ4n) is 2.57. The van der Waals surface area contributed by atoms with Crippen LogP contribution in [0.3, 0.4) is 0 Å². The minimum absolute atomic E-state index is 0.0675. The second kappa shape index (κ2) is 6.94. The highest BCUT2D eigenvalue weighted by Crippen LogP contribution is 2.24. The molecular formula is C15H26N2O3S. The van der Waals surface area contributed by atoms with Crippen LogP contribution in [-0.4, -0.2) is 32.4 Å². The molecule has 2 heterocycles. The number of hydrogen-bond donors (Lipinski definition) is 1. The van der Waals surface area contributed by atoms with Gasteiger partial charge in [0.25, 0.3) is 10.0 Å². The summed E-state index contributed by atoms with van der Waals surface area (Å²) >= 11 is 0. The summed E-state index contributed by atoms with van der Waals surface area (Å²) in [6.07, 6.45) is 2.01. The van der Waals surface area contributed by atoms with E-state index >= 15 is 0 Å². The predicted molar refractivity (Wildman–Crippen MR) is 82.4 cm³/mol. The third-order valence-corrected chi connectivity index (χ3v) is 5.44. The van der Waals surface area contributed by atoms with Crippen LogP contribution in [0.5, 0.6) is 0 Å². The van der Waals surface area contributed by atoms with Crippen molar-refractivity contribution in [2.45, 2.75) is 45.2 Å². The van der Waals surface area contributed by atoms with E-state index < -0.39 is 10.0 Å². The maximum absolute atomic E-state index is 12.5. The van der Waals surface area contributed by atoms with Crippen LogP contribution >= 0.6 is 0 Å². The van der Waals surface area contributed by atoms with Crippen LogP contribution in [0.1, 0.15) is 39.4 Å². The molecule has 0 aliphatic carbocycles. The Hall–Kier alpha value is -0.850. The van der Waals surface area contributed by atoms with E-state index in [9.17, 15) is 8.42 Å². The fourth-order valence-corrected chi connectivity index (χ4v) is 4.09. The van der Waals surface area contributed by atoms with Gasteiger partial charge in [-0.15, -0.1) is 0 Å². The first-order valence-corrected chi connectivity index (χ1v) is 9.13. The number of rotatable bonds is 6. The van der Waals surface area contributed by atoms with E-state index in [1.165, 1.54) is 0 Å². The second-order valence-electron chi connectivity index (χ2n) is 6.36. The Morgan fingerprint density at radius 2 is 2.19 bits per heavy atom. The van der Waals surface area contributed by atoms with Crippen molar-refractivity contribution in [2.24, 2.45) is 11.8 Å². The van der Waals surface area contributed by atoms with Crippen molar-refractivity contribution >= 4 is 10.0 Å². The molecule has 0 bridgehead atoms. The quantitative estimate of drug-likeness (QED) is 0.876. The van der Waals surface area contributed by atoms with E-state index in [0.29, 0.717) is 37.2 Å². The number of piperidine rings is 1. The molecule has 1 N–H and O–H groups in total. The van der Waals surface area contributed by atoms with Gasteiger partial charge < -0.3 is 9.73 Å². The lowest BCUT2D eigenvalue weighted by atomic mass is 10.0. The molecule has 0 radical (unpaired) electrons. The lowest BCUT2D eigenvalue weighted by Gasteiger charge is -2.29. The van der Waals surface area contributed by atoms with Crippen molar-refractivity contribution in [3.8, 4) is 0 Å². The van der Waals surface area contributed by atoms with Crippen LogP contribution in [0, 0.1) is 11.8 Å². The Labute approximate surface area is 127 Å². The van der Waals surface area contributed by atoms with E-state index in [0.717, 1.165) is 19.4 Å². The summed E-state index contributed by atoms with van der Waals surface area (Å²) in [5, 5.41) is 3.32. The van der Waals surface area contributed by atoms with Crippen molar-refractivity contribution in [2.75, 3.05) is 19.6 Å². The van der Waals surface area contributed by atoms with Gasteiger partial charge in [-0.25, -0.2) is 8.42 Å². The van der Waals surface area contributed by atoms with Crippen LogP contribution in [0.4, 0.5) is 0 Å². The first-order chi connectivity index (χ1) is 9.89. The molecule has 0 spiro atoms. The zero-order chi connectivity index (χ0) is 15.5. The molecule has 2 rings (SSSR count). The van der Waals surface area contributed by atoms with Crippen LogP contribution in [0.15, 0.2) is 21.6 Å². The summed E-state index contributed by atoms with van der Waals surface area (Å²) in [5.41, 5.74) is 0. The van der Waals surface area contributed by atoms with Crippen LogP contribution in [0.25, 0.3) is 0 Å². The van der Waals surface area contributed by atoms with Gasteiger partial charge in [0.2, 0.25) is 5.09 Å². The average molecular weight is 314 g/mol. The molecule has 6 heteroatoms. The normalized spacial score (nSPS) is 21.0. The number of nitrogens with zero attached hydrogens (tertiary/aromatic N) is 1. The lowest BCUT2D eigenvalue weighted by molar-refractivity contribution is 0.273. The van der Waals surface area contributed by atoms with E-state index in [1.54, 1.807) is 16.4 Å². The summed E-state index contributed by atoms with van der Waals surface area (Å²) in [5.74, 6) is 1.63. The molecule has 5 nitrogen and oxygen atoms in total. The van der Waals surface area contributed by atoms with Gasteiger partial charge in [0.05, 0.1) is 6.54 Å². The third-order valence-electron chi connectivity index (χ3n) is 3.70. The predicted octanol–water partition coefficient (Wildman–Crippen LogP) is 2.45. The molecule has 1 saturated heterocycles. The van der Waals surface area contributed by atoms with Crippen LogP contribution < -0.4 is 5.32 Å². The van der Waals surface area contributed by atoms with Gasteiger partial charge in [-0.2, -0.15) is 4.31 Å². The van der Waals surface area contributed by atoms with Crippen LogP contribution in [0.2, 0.25) is 0 Å². The first-order valence-electron chi connectivity index (χ1n) is 7.69. The highest BCUT2D eigenvalue weighted by atomic mass is 32.2. The van der Waals surface area contributed by atoms with E-state index in [1.807, 2.05) is 0 Å². The molecule has 1 fully saturated rings. The smallest absolute Gasteiger partial charge is 0.276 e. The van der Waals surface area contributed by atoms with Crippen molar-refractivity contribution in [1.29, 1.82) is 0 Å². The second-order valence-corrected chi connectivity index (χ2v) is 8.22. The van der Waals surface area contributed by atoms with Gasteiger partial charge in [-0.05, 0) is 43.4 Å². The standard InChI is InChI=1S/C15H26N2O3S/c1-12(2)9-16-10-14-6-7-15(20-14)21(18,19)17-8-4-5-13(3)11-17/h6-7,12-13,16H,4-5,8-11H2,1-3H3. The zero-order valence-corrected chi connectivity index (χ0v) is 13.9. The molecule has 1 aromatic heterocycles. The molecule has 120 valence electrons. The molecule has 1 aliphatic rings. The molecule has 0 amide bonds. The Balaban J connectivity index is 2.02. The Morgan fingerprint density at radius 1 is 1.43 bits per heavy atom. The van der Waals surface area contributed by atoms with Crippen LogP contribution in [-0.2, 0) is 16.6 Å². The fraction of sp³-hybridized carbons (Fsp3) is 0.733. The summed E-state index contributed by atoms with van der Waals surface area (Å²) < 4.78 is 32.2. The summed E-state index contributed by atoms with van der Waals surface area (Å²) in [6, 6.07) is 3.31. The Kier molecular flexibility index (Phi) is 5.46. The molecule has 1 aromatic rings. The molecule has 0 aromatic carbocycles. The highest BCUT2D eigenvalue weighted by Gasteiger charge is 2.31. The van der Waals surface area contributed by atoms with Gasteiger partial charge in [0.1, 0.15) is 5.76 Å². The molecule has 1 atom stereocenters. The number of furan rings is 1. The molecule has 21 heavy (non-hydrogen) atoms. The number of hydrogen-bond acceptors (Lipinski definition) is 4. The topological polar surface area (TPSA) is 62.6 Å². The van der Waals surface area contributed by atoms with Gasteiger partial charge in [0.15, 0.2) is 0 Å². The van der Waals surface area contributed by atoms with Crippen molar-refractivity contribution < 1.29 is 12.8 Å². The van der Waals surface area contributed by atoms with E-state index in [-0.39, 0.29) is 5.09 Å². The largest absolute Gasteiger partial charge is 0.447 e.